The van der Waals surface area contributed by atoms with E-state index in [1.807, 2.05) is 66.9 Å². The standard InChI is InChI=1S/C22H21N3O4/c1-14-12-19(15(2)25(14)13-18-10-7-11-27-18)22(26)28-16(3)20-23-24-21(29-20)17-8-5-4-6-9-17/h4-12,16H,13H2,1-3H3/t16-/m0/s1. The maximum Gasteiger partial charge on any atom is 0.340 e. The number of rotatable bonds is 6. The van der Waals surface area contributed by atoms with Crippen molar-refractivity contribution in [1.82, 2.24) is 14.8 Å². The topological polar surface area (TPSA) is 83.3 Å². The summed E-state index contributed by atoms with van der Waals surface area (Å²) in [5.41, 5.74) is 3.07. The highest BCUT2D eigenvalue weighted by atomic mass is 16.6. The van der Waals surface area contributed by atoms with Crippen LogP contribution in [0.5, 0.6) is 0 Å². The Bertz CT molecular complexity index is 1110. The maximum absolute atomic E-state index is 12.7. The molecule has 7 nitrogen and oxygen atoms in total. The molecule has 0 bridgehead atoms. The molecule has 0 amide bonds. The zero-order valence-corrected chi connectivity index (χ0v) is 16.5. The number of furan rings is 1. The lowest BCUT2D eigenvalue weighted by molar-refractivity contribution is 0.0279. The van der Waals surface area contributed by atoms with Crippen molar-refractivity contribution in [3.05, 3.63) is 83.4 Å². The largest absolute Gasteiger partial charge is 0.467 e. The van der Waals surface area contributed by atoms with Gasteiger partial charge in [-0.1, -0.05) is 18.2 Å². The number of carbonyl (C=O) groups excluding carboxylic acids is 1. The van der Waals surface area contributed by atoms with Gasteiger partial charge in [0.15, 0.2) is 6.10 Å². The van der Waals surface area contributed by atoms with Gasteiger partial charge < -0.3 is 18.1 Å². The Balaban J connectivity index is 1.49. The fraction of sp³-hybridized carbons (Fsp3) is 0.227. The number of aromatic nitrogens is 3. The van der Waals surface area contributed by atoms with Gasteiger partial charge in [0, 0.05) is 17.0 Å². The van der Waals surface area contributed by atoms with Gasteiger partial charge in [0.05, 0.1) is 18.4 Å². The molecule has 4 rings (SSSR count). The zero-order chi connectivity index (χ0) is 20.4. The first-order valence-corrected chi connectivity index (χ1v) is 9.32. The molecule has 0 radical (unpaired) electrons. The molecule has 148 valence electrons. The van der Waals surface area contributed by atoms with Gasteiger partial charge in [-0.3, -0.25) is 0 Å². The first kappa shape index (κ1) is 18.7. The highest BCUT2D eigenvalue weighted by Crippen LogP contribution is 2.24. The fourth-order valence-electron chi connectivity index (χ4n) is 3.18. The molecule has 0 aliphatic rings. The normalized spacial score (nSPS) is 12.1. The number of nitrogens with zero attached hydrogens (tertiary/aromatic N) is 3. The minimum absolute atomic E-state index is 0.251. The minimum atomic E-state index is -0.666. The molecule has 0 fully saturated rings. The lowest BCUT2D eigenvalue weighted by Gasteiger charge is -2.10. The van der Waals surface area contributed by atoms with E-state index in [9.17, 15) is 4.79 Å². The van der Waals surface area contributed by atoms with Crippen molar-refractivity contribution in [3.8, 4) is 11.5 Å². The number of esters is 1. The van der Waals surface area contributed by atoms with Crippen molar-refractivity contribution in [2.45, 2.75) is 33.4 Å². The van der Waals surface area contributed by atoms with E-state index in [-0.39, 0.29) is 5.89 Å². The molecule has 0 aliphatic carbocycles. The lowest BCUT2D eigenvalue weighted by Crippen LogP contribution is -2.11. The summed E-state index contributed by atoms with van der Waals surface area (Å²) in [6.45, 7) is 6.09. The van der Waals surface area contributed by atoms with Crippen molar-refractivity contribution in [2.75, 3.05) is 0 Å². The first-order valence-electron chi connectivity index (χ1n) is 9.32. The second kappa shape index (κ2) is 7.79. The monoisotopic (exact) mass is 391 g/mol. The van der Waals surface area contributed by atoms with Crippen molar-refractivity contribution < 1.29 is 18.4 Å². The molecule has 4 aromatic rings. The van der Waals surface area contributed by atoms with Crippen LogP contribution >= 0.6 is 0 Å². The Morgan fingerprint density at radius 3 is 2.66 bits per heavy atom. The number of aryl methyl sites for hydroxylation is 1. The van der Waals surface area contributed by atoms with Crippen LogP contribution in [0.4, 0.5) is 0 Å². The second-order valence-electron chi connectivity index (χ2n) is 6.81. The number of carbonyl (C=O) groups is 1. The molecule has 0 spiro atoms. The Hall–Kier alpha value is -3.61. The quantitative estimate of drug-likeness (QED) is 0.443. The van der Waals surface area contributed by atoms with Gasteiger partial charge in [-0.25, -0.2) is 4.79 Å². The maximum atomic E-state index is 12.7. The van der Waals surface area contributed by atoms with Crippen LogP contribution in [0.25, 0.3) is 11.5 Å². The molecule has 3 aromatic heterocycles. The van der Waals surface area contributed by atoms with Crippen LogP contribution in [0.1, 0.15) is 46.4 Å². The summed E-state index contributed by atoms with van der Waals surface area (Å²) < 4.78 is 18.7. The Morgan fingerprint density at radius 1 is 1.14 bits per heavy atom. The molecule has 0 saturated heterocycles. The molecule has 0 N–H and O–H groups in total. The summed E-state index contributed by atoms with van der Waals surface area (Å²) in [7, 11) is 0. The molecule has 1 aromatic carbocycles. The molecule has 0 unspecified atom stereocenters. The van der Waals surface area contributed by atoms with Gasteiger partial charge in [0.1, 0.15) is 5.76 Å². The first-order chi connectivity index (χ1) is 14.0. The van der Waals surface area contributed by atoms with Gasteiger partial charge in [0.25, 0.3) is 5.89 Å². The SMILES string of the molecule is Cc1cc(C(=O)O[C@@H](C)c2nnc(-c3ccccc3)o2)c(C)n1Cc1ccco1. The summed E-state index contributed by atoms with van der Waals surface area (Å²) in [6, 6.07) is 15.0. The fourth-order valence-corrected chi connectivity index (χ4v) is 3.18. The van der Waals surface area contributed by atoms with E-state index in [4.69, 9.17) is 13.6 Å². The number of benzene rings is 1. The van der Waals surface area contributed by atoms with Crippen LogP contribution < -0.4 is 0 Å². The van der Waals surface area contributed by atoms with Gasteiger partial charge in [0.2, 0.25) is 5.89 Å². The van der Waals surface area contributed by atoms with Gasteiger partial charge in [-0.15, -0.1) is 10.2 Å². The smallest absolute Gasteiger partial charge is 0.340 e. The van der Waals surface area contributed by atoms with Crippen molar-refractivity contribution >= 4 is 5.97 Å². The van der Waals surface area contributed by atoms with Gasteiger partial charge in [-0.2, -0.15) is 0 Å². The van der Waals surface area contributed by atoms with Crippen molar-refractivity contribution in [1.29, 1.82) is 0 Å². The Labute approximate surface area is 167 Å². The summed E-state index contributed by atoms with van der Waals surface area (Å²) in [5, 5.41) is 8.07. The van der Waals surface area contributed by atoms with Crippen LogP contribution in [-0.4, -0.2) is 20.7 Å². The third kappa shape index (κ3) is 3.85. The van der Waals surface area contributed by atoms with E-state index in [0.29, 0.717) is 18.0 Å². The highest BCUT2D eigenvalue weighted by molar-refractivity contribution is 5.91. The van der Waals surface area contributed by atoms with E-state index in [2.05, 4.69) is 10.2 Å². The molecule has 3 heterocycles. The van der Waals surface area contributed by atoms with E-state index < -0.39 is 12.1 Å². The zero-order valence-electron chi connectivity index (χ0n) is 16.5. The van der Waals surface area contributed by atoms with Gasteiger partial charge in [-0.05, 0) is 51.1 Å². The van der Waals surface area contributed by atoms with Crippen LogP contribution in [0.15, 0.2) is 63.6 Å². The van der Waals surface area contributed by atoms with Crippen LogP contribution in [0.2, 0.25) is 0 Å². The molecule has 7 heteroatoms. The molecular formula is C22H21N3O4. The summed E-state index contributed by atoms with van der Waals surface area (Å²) in [6.07, 6.45) is 0.967. The third-order valence-electron chi connectivity index (χ3n) is 4.78. The Morgan fingerprint density at radius 2 is 1.93 bits per heavy atom. The number of hydrogen-bond acceptors (Lipinski definition) is 6. The molecule has 29 heavy (non-hydrogen) atoms. The summed E-state index contributed by atoms with van der Waals surface area (Å²) >= 11 is 0. The average Bonchev–Trinajstić information content (AvgIpc) is 3.46. The van der Waals surface area contributed by atoms with Crippen molar-refractivity contribution in [3.63, 3.8) is 0 Å². The highest BCUT2D eigenvalue weighted by Gasteiger charge is 2.23. The molecule has 0 aliphatic heterocycles. The van der Waals surface area contributed by atoms with E-state index in [1.54, 1.807) is 13.2 Å². The molecule has 1 atom stereocenters. The van der Waals surface area contributed by atoms with Crippen molar-refractivity contribution in [2.24, 2.45) is 0 Å². The average molecular weight is 391 g/mol. The molecular weight excluding hydrogens is 370 g/mol. The van der Waals surface area contributed by atoms with Gasteiger partial charge >= 0.3 is 5.97 Å². The minimum Gasteiger partial charge on any atom is -0.467 e. The number of ether oxygens (including phenoxy) is 1. The summed E-state index contributed by atoms with van der Waals surface area (Å²) in [5.74, 6) is 1.02. The van der Waals surface area contributed by atoms with Crippen LogP contribution in [0.3, 0.4) is 0 Å². The van der Waals surface area contributed by atoms with Crippen LogP contribution in [-0.2, 0) is 11.3 Å². The molecule has 0 saturated carbocycles. The van der Waals surface area contributed by atoms with E-state index >= 15 is 0 Å². The van der Waals surface area contributed by atoms with Crippen LogP contribution in [0, 0.1) is 13.8 Å². The lowest BCUT2D eigenvalue weighted by atomic mass is 10.2. The van der Waals surface area contributed by atoms with E-state index in [0.717, 1.165) is 22.7 Å². The Kier molecular flexibility index (Phi) is 5.03. The summed E-state index contributed by atoms with van der Waals surface area (Å²) in [4.78, 5) is 12.7. The van der Waals surface area contributed by atoms with E-state index in [1.165, 1.54) is 0 Å². The predicted molar refractivity (Wildman–Crippen MR) is 105 cm³/mol. The second-order valence-corrected chi connectivity index (χ2v) is 6.81. The predicted octanol–water partition coefficient (Wildman–Crippen LogP) is 4.71. The third-order valence-corrected chi connectivity index (χ3v) is 4.78. The number of hydrogen-bond donors (Lipinski definition) is 0.